The Hall–Kier alpha value is -1.35. The zero-order valence-corrected chi connectivity index (χ0v) is 13.2. The van der Waals surface area contributed by atoms with Crippen LogP contribution in [0.2, 0.25) is 0 Å². The van der Waals surface area contributed by atoms with E-state index in [1.54, 1.807) is 0 Å². The molecule has 0 amide bonds. The summed E-state index contributed by atoms with van der Waals surface area (Å²) in [5.74, 6) is -0.278. The van der Waals surface area contributed by atoms with Gasteiger partial charge in [0.05, 0.1) is 12.7 Å². The maximum atomic E-state index is 11.4. The molecule has 0 aliphatic rings. The molecule has 0 N–H and O–H groups in total. The Balaban J connectivity index is 2.61. The van der Waals surface area contributed by atoms with Crippen molar-refractivity contribution in [2.75, 3.05) is 13.7 Å². The van der Waals surface area contributed by atoms with Gasteiger partial charge in [0.25, 0.3) is 0 Å². The number of carbonyl (C=O) groups excluding carboxylic acids is 1. The Labute approximate surface area is 122 Å². The highest BCUT2D eigenvalue weighted by Gasteiger charge is 2.10. The molecule has 0 aliphatic carbocycles. The van der Waals surface area contributed by atoms with Gasteiger partial charge in [-0.25, -0.2) is 4.79 Å². The number of ether oxygens (including phenoxy) is 1. The second kappa shape index (κ2) is 8.75. The summed E-state index contributed by atoms with van der Waals surface area (Å²) < 4.78 is 4.71. The fraction of sp³-hybridized carbons (Fsp3) is 0.588. The number of hydrogen-bond donors (Lipinski definition) is 0. The summed E-state index contributed by atoms with van der Waals surface area (Å²) in [7, 11) is 1.41. The van der Waals surface area contributed by atoms with Gasteiger partial charge >= 0.3 is 5.97 Å². The van der Waals surface area contributed by atoms with Gasteiger partial charge in [-0.2, -0.15) is 0 Å². The Morgan fingerprint density at radius 1 is 1.20 bits per heavy atom. The van der Waals surface area contributed by atoms with Crippen LogP contribution in [0.3, 0.4) is 0 Å². The minimum absolute atomic E-state index is 0.278. The molecule has 0 atom stereocenters. The molecule has 1 aromatic rings. The SMILES string of the molecule is CCCCCN(Cc1ccc(C(=O)OC)cc1)C(C)C. The number of benzene rings is 1. The lowest BCUT2D eigenvalue weighted by Crippen LogP contribution is -2.31. The monoisotopic (exact) mass is 277 g/mol. The molecule has 0 unspecified atom stereocenters. The van der Waals surface area contributed by atoms with Crippen LogP contribution in [0.15, 0.2) is 24.3 Å². The van der Waals surface area contributed by atoms with E-state index in [1.807, 2.05) is 24.3 Å². The average Bonchev–Trinajstić information content (AvgIpc) is 2.46. The number of hydrogen-bond acceptors (Lipinski definition) is 3. The number of unbranched alkanes of at least 4 members (excludes halogenated alkanes) is 2. The Kier molecular flexibility index (Phi) is 7.31. The second-order valence-electron chi connectivity index (χ2n) is 5.46. The van der Waals surface area contributed by atoms with Crippen LogP contribution in [0.4, 0.5) is 0 Å². The third kappa shape index (κ3) is 5.33. The number of rotatable bonds is 8. The van der Waals surface area contributed by atoms with Gasteiger partial charge < -0.3 is 4.74 Å². The quantitative estimate of drug-likeness (QED) is 0.533. The van der Waals surface area contributed by atoms with Crippen LogP contribution in [0, 0.1) is 0 Å². The predicted octanol–water partition coefficient (Wildman–Crippen LogP) is 3.87. The van der Waals surface area contributed by atoms with Crippen LogP contribution in [-0.2, 0) is 11.3 Å². The minimum atomic E-state index is -0.278. The van der Waals surface area contributed by atoms with Crippen molar-refractivity contribution in [3.05, 3.63) is 35.4 Å². The van der Waals surface area contributed by atoms with Crippen molar-refractivity contribution < 1.29 is 9.53 Å². The van der Waals surface area contributed by atoms with Gasteiger partial charge in [0, 0.05) is 12.6 Å². The van der Waals surface area contributed by atoms with Crippen molar-refractivity contribution in [2.45, 2.75) is 52.6 Å². The van der Waals surface area contributed by atoms with Crippen molar-refractivity contribution in [1.29, 1.82) is 0 Å². The summed E-state index contributed by atoms with van der Waals surface area (Å²) in [6, 6.07) is 8.24. The predicted molar refractivity (Wildman–Crippen MR) is 82.9 cm³/mol. The fourth-order valence-corrected chi connectivity index (χ4v) is 2.18. The molecule has 0 spiro atoms. The number of nitrogens with zero attached hydrogens (tertiary/aromatic N) is 1. The largest absolute Gasteiger partial charge is 0.465 e. The Bertz CT molecular complexity index is 398. The normalized spacial score (nSPS) is 11.1. The second-order valence-corrected chi connectivity index (χ2v) is 5.46. The van der Waals surface area contributed by atoms with Gasteiger partial charge in [-0.15, -0.1) is 0 Å². The minimum Gasteiger partial charge on any atom is -0.465 e. The molecule has 1 aromatic carbocycles. The number of carbonyl (C=O) groups is 1. The third-order valence-electron chi connectivity index (χ3n) is 3.54. The van der Waals surface area contributed by atoms with Crippen LogP contribution >= 0.6 is 0 Å². The van der Waals surface area contributed by atoms with Gasteiger partial charge in [-0.1, -0.05) is 31.9 Å². The molecular weight excluding hydrogens is 250 g/mol. The van der Waals surface area contributed by atoms with E-state index in [-0.39, 0.29) is 5.97 Å². The molecule has 3 heteroatoms. The molecule has 0 heterocycles. The summed E-state index contributed by atoms with van der Waals surface area (Å²) in [6.07, 6.45) is 3.78. The highest BCUT2D eigenvalue weighted by Crippen LogP contribution is 2.12. The van der Waals surface area contributed by atoms with Gasteiger partial charge in [-0.05, 0) is 44.5 Å². The van der Waals surface area contributed by atoms with Crippen molar-refractivity contribution >= 4 is 5.97 Å². The highest BCUT2D eigenvalue weighted by atomic mass is 16.5. The first-order chi connectivity index (χ1) is 9.58. The molecule has 0 radical (unpaired) electrons. The Morgan fingerprint density at radius 3 is 2.35 bits per heavy atom. The highest BCUT2D eigenvalue weighted by molar-refractivity contribution is 5.89. The molecule has 0 aromatic heterocycles. The van der Waals surface area contributed by atoms with Crippen LogP contribution < -0.4 is 0 Å². The van der Waals surface area contributed by atoms with Crippen molar-refractivity contribution in [3.63, 3.8) is 0 Å². The van der Waals surface area contributed by atoms with Crippen molar-refractivity contribution in [1.82, 2.24) is 4.90 Å². The third-order valence-corrected chi connectivity index (χ3v) is 3.54. The fourth-order valence-electron chi connectivity index (χ4n) is 2.18. The zero-order chi connectivity index (χ0) is 15.0. The van der Waals surface area contributed by atoms with Gasteiger partial charge in [0.2, 0.25) is 0 Å². The molecule has 3 nitrogen and oxygen atoms in total. The lowest BCUT2D eigenvalue weighted by molar-refractivity contribution is 0.0600. The number of methoxy groups -OCH3 is 1. The van der Waals surface area contributed by atoms with E-state index in [0.29, 0.717) is 11.6 Å². The first-order valence-corrected chi connectivity index (χ1v) is 7.49. The van der Waals surface area contributed by atoms with Crippen LogP contribution in [0.5, 0.6) is 0 Å². The molecule has 0 fully saturated rings. The summed E-state index contributed by atoms with van der Waals surface area (Å²) in [5.41, 5.74) is 1.85. The van der Waals surface area contributed by atoms with Crippen molar-refractivity contribution in [3.8, 4) is 0 Å². The molecule has 112 valence electrons. The summed E-state index contributed by atoms with van der Waals surface area (Å²) in [6.45, 7) is 8.75. The topological polar surface area (TPSA) is 29.5 Å². The van der Waals surface area contributed by atoms with Gasteiger partial charge in [-0.3, -0.25) is 4.90 Å². The molecule has 1 rings (SSSR count). The van der Waals surface area contributed by atoms with E-state index in [1.165, 1.54) is 31.9 Å². The van der Waals surface area contributed by atoms with E-state index in [9.17, 15) is 4.79 Å². The van der Waals surface area contributed by atoms with E-state index in [0.717, 1.165) is 13.1 Å². The van der Waals surface area contributed by atoms with E-state index >= 15 is 0 Å². The average molecular weight is 277 g/mol. The molecular formula is C17H27NO2. The van der Waals surface area contributed by atoms with Gasteiger partial charge in [0.15, 0.2) is 0 Å². The maximum absolute atomic E-state index is 11.4. The molecule has 0 bridgehead atoms. The molecule has 0 saturated carbocycles. The molecule has 0 saturated heterocycles. The first-order valence-electron chi connectivity index (χ1n) is 7.49. The van der Waals surface area contributed by atoms with E-state index < -0.39 is 0 Å². The zero-order valence-electron chi connectivity index (χ0n) is 13.2. The van der Waals surface area contributed by atoms with Gasteiger partial charge in [0.1, 0.15) is 0 Å². The summed E-state index contributed by atoms with van der Waals surface area (Å²) in [4.78, 5) is 13.9. The lowest BCUT2D eigenvalue weighted by Gasteiger charge is -2.26. The van der Waals surface area contributed by atoms with E-state index in [2.05, 4.69) is 25.7 Å². The van der Waals surface area contributed by atoms with E-state index in [4.69, 9.17) is 4.74 Å². The smallest absolute Gasteiger partial charge is 0.337 e. The Morgan fingerprint density at radius 2 is 1.85 bits per heavy atom. The lowest BCUT2D eigenvalue weighted by atomic mass is 10.1. The van der Waals surface area contributed by atoms with Crippen molar-refractivity contribution in [2.24, 2.45) is 0 Å². The van der Waals surface area contributed by atoms with Crippen LogP contribution in [-0.4, -0.2) is 30.6 Å². The summed E-state index contributed by atoms with van der Waals surface area (Å²) in [5, 5.41) is 0. The summed E-state index contributed by atoms with van der Waals surface area (Å²) >= 11 is 0. The molecule has 20 heavy (non-hydrogen) atoms. The van der Waals surface area contributed by atoms with Crippen LogP contribution in [0.25, 0.3) is 0 Å². The number of esters is 1. The maximum Gasteiger partial charge on any atom is 0.337 e. The van der Waals surface area contributed by atoms with Crippen LogP contribution in [0.1, 0.15) is 56.0 Å². The standard InChI is InChI=1S/C17H27NO2/c1-5-6-7-12-18(14(2)3)13-15-8-10-16(11-9-15)17(19)20-4/h8-11,14H,5-7,12-13H2,1-4H3. The first kappa shape index (κ1) is 16.7. The molecule has 0 aliphatic heterocycles.